The number of aromatic amines is 2. The zero-order valence-corrected chi connectivity index (χ0v) is 15.5. The predicted molar refractivity (Wildman–Crippen MR) is 108 cm³/mol. The number of benzene rings is 3. The summed E-state index contributed by atoms with van der Waals surface area (Å²) >= 11 is 3.60. The molecule has 2 N–H and O–H groups in total. The fraction of sp³-hybridized carbons (Fsp3) is 0.0952. The molecule has 0 amide bonds. The van der Waals surface area contributed by atoms with Gasteiger partial charge in [0.1, 0.15) is 5.82 Å². The number of halogens is 1. The highest BCUT2D eigenvalue weighted by Gasteiger charge is 2.16. The Labute approximate surface area is 153 Å². The number of aromatic nitrogens is 3. The number of aryl methyl sites for hydroxylation is 2. The monoisotopic (exact) mass is 389 g/mol. The number of para-hydroxylation sites is 2. The van der Waals surface area contributed by atoms with Gasteiger partial charge in [-0.3, -0.25) is 0 Å². The number of fused-ring (bicyclic) bond motifs is 4. The van der Waals surface area contributed by atoms with Gasteiger partial charge in [0, 0.05) is 31.8 Å². The molecule has 0 spiro atoms. The normalized spacial score (nSPS) is 11.8. The fourth-order valence-electron chi connectivity index (χ4n) is 3.71. The third-order valence-corrected chi connectivity index (χ3v) is 5.43. The van der Waals surface area contributed by atoms with Gasteiger partial charge in [-0.25, -0.2) is 4.98 Å². The van der Waals surface area contributed by atoms with Gasteiger partial charge in [0.25, 0.3) is 0 Å². The maximum Gasteiger partial charge on any atom is 0.138 e. The minimum absolute atomic E-state index is 0.924. The molecule has 0 atom stereocenters. The molecule has 0 unspecified atom stereocenters. The summed E-state index contributed by atoms with van der Waals surface area (Å²) in [5, 5.41) is 2.51. The highest BCUT2D eigenvalue weighted by atomic mass is 79.9. The minimum Gasteiger partial charge on any atom is -0.354 e. The lowest BCUT2D eigenvalue weighted by Gasteiger charge is -2.08. The van der Waals surface area contributed by atoms with Crippen LogP contribution in [0.25, 0.3) is 44.2 Å². The first-order valence-electron chi connectivity index (χ1n) is 8.28. The second kappa shape index (κ2) is 5.20. The van der Waals surface area contributed by atoms with Crippen LogP contribution in [0, 0.1) is 13.8 Å². The van der Waals surface area contributed by atoms with Crippen LogP contribution in [-0.2, 0) is 0 Å². The average Bonchev–Trinajstić information content (AvgIpc) is 3.19. The van der Waals surface area contributed by atoms with Crippen molar-refractivity contribution in [3.63, 3.8) is 0 Å². The Morgan fingerprint density at radius 3 is 2.60 bits per heavy atom. The lowest BCUT2D eigenvalue weighted by molar-refractivity contribution is 1.31. The summed E-state index contributed by atoms with van der Waals surface area (Å²) < 4.78 is 1.09. The van der Waals surface area contributed by atoms with Gasteiger partial charge in [0.05, 0.1) is 11.0 Å². The molecular formula is C21H16BrN3. The van der Waals surface area contributed by atoms with Crippen molar-refractivity contribution in [2.75, 3.05) is 0 Å². The Hall–Kier alpha value is -2.59. The Balaban J connectivity index is 1.88. The Bertz CT molecular complexity index is 1240. The van der Waals surface area contributed by atoms with Crippen molar-refractivity contribution in [3.8, 4) is 11.4 Å². The van der Waals surface area contributed by atoms with Gasteiger partial charge in [0.2, 0.25) is 0 Å². The van der Waals surface area contributed by atoms with Crippen molar-refractivity contribution in [3.05, 3.63) is 64.1 Å². The number of H-pyrrole nitrogens is 2. The van der Waals surface area contributed by atoms with Crippen LogP contribution in [0.5, 0.6) is 0 Å². The Morgan fingerprint density at radius 2 is 1.76 bits per heavy atom. The summed E-state index contributed by atoms with van der Waals surface area (Å²) in [6.07, 6.45) is 0. The Kier molecular flexibility index (Phi) is 3.06. The SMILES string of the molecule is Cc1cc(-c2nc3ccccc3[nH]2)c(C)c2c1[nH]c1ccc(Br)cc12. The predicted octanol–water partition coefficient (Wildman–Crippen LogP) is 6.24. The molecule has 0 aliphatic heterocycles. The highest BCUT2D eigenvalue weighted by molar-refractivity contribution is 9.10. The summed E-state index contributed by atoms with van der Waals surface area (Å²) in [6, 6.07) is 16.8. The van der Waals surface area contributed by atoms with Crippen LogP contribution in [0.2, 0.25) is 0 Å². The van der Waals surface area contributed by atoms with Crippen LogP contribution in [0.1, 0.15) is 11.1 Å². The number of nitrogens with zero attached hydrogens (tertiary/aromatic N) is 1. The molecule has 5 rings (SSSR count). The third kappa shape index (κ3) is 2.14. The van der Waals surface area contributed by atoms with E-state index in [-0.39, 0.29) is 0 Å². The van der Waals surface area contributed by atoms with E-state index in [1.165, 1.54) is 27.4 Å². The number of imidazole rings is 1. The van der Waals surface area contributed by atoms with Crippen LogP contribution < -0.4 is 0 Å². The van der Waals surface area contributed by atoms with E-state index in [4.69, 9.17) is 4.98 Å². The summed E-state index contributed by atoms with van der Waals surface area (Å²) in [5.41, 5.74) is 8.04. The summed E-state index contributed by atoms with van der Waals surface area (Å²) in [5.74, 6) is 0.924. The van der Waals surface area contributed by atoms with E-state index in [1.54, 1.807) is 0 Å². The van der Waals surface area contributed by atoms with Crippen LogP contribution in [0.15, 0.2) is 53.0 Å². The quantitative estimate of drug-likeness (QED) is 0.349. The number of nitrogens with one attached hydrogen (secondary N) is 2. The molecule has 3 nitrogen and oxygen atoms in total. The molecule has 4 heteroatoms. The zero-order valence-electron chi connectivity index (χ0n) is 13.9. The molecule has 25 heavy (non-hydrogen) atoms. The molecule has 3 aromatic carbocycles. The first-order chi connectivity index (χ1) is 12.1. The van der Waals surface area contributed by atoms with E-state index >= 15 is 0 Å². The smallest absolute Gasteiger partial charge is 0.138 e. The second-order valence-electron chi connectivity index (χ2n) is 6.53. The van der Waals surface area contributed by atoms with Gasteiger partial charge in [0.15, 0.2) is 0 Å². The topological polar surface area (TPSA) is 44.5 Å². The van der Waals surface area contributed by atoms with E-state index in [9.17, 15) is 0 Å². The van der Waals surface area contributed by atoms with Crippen molar-refractivity contribution in [1.29, 1.82) is 0 Å². The molecule has 5 aromatic rings. The van der Waals surface area contributed by atoms with E-state index in [0.29, 0.717) is 0 Å². The highest BCUT2D eigenvalue weighted by Crippen LogP contribution is 2.37. The van der Waals surface area contributed by atoms with Crippen LogP contribution in [0.4, 0.5) is 0 Å². The maximum absolute atomic E-state index is 4.80. The molecule has 0 aliphatic rings. The molecule has 0 aliphatic carbocycles. The van der Waals surface area contributed by atoms with Gasteiger partial charge in [-0.05, 0) is 61.4 Å². The van der Waals surface area contributed by atoms with Crippen molar-refractivity contribution in [2.45, 2.75) is 13.8 Å². The molecule has 0 bridgehead atoms. The number of rotatable bonds is 1. The third-order valence-electron chi connectivity index (χ3n) is 4.94. The molecule has 122 valence electrons. The van der Waals surface area contributed by atoms with Gasteiger partial charge >= 0.3 is 0 Å². The zero-order chi connectivity index (χ0) is 17.1. The van der Waals surface area contributed by atoms with Gasteiger partial charge in [-0.2, -0.15) is 0 Å². The summed E-state index contributed by atoms with van der Waals surface area (Å²) in [4.78, 5) is 11.8. The van der Waals surface area contributed by atoms with Crippen LogP contribution >= 0.6 is 15.9 Å². The maximum atomic E-state index is 4.80. The van der Waals surface area contributed by atoms with Crippen molar-refractivity contribution in [2.24, 2.45) is 0 Å². The van der Waals surface area contributed by atoms with Gasteiger partial charge < -0.3 is 9.97 Å². The van der Waals surface area contributed by atoms with E-state index < -0.39 is 0 Å². The molecule has 0 saturated carbocycles. The van der Waals surface area contributed by atoms with Crippen molar-refractivity contribution >= 4 is 48.8 Å². The fourth-order valence-corrected chi connectivity index (χ4v) is 4.07. The van der Waals surface area contributed by atoms with Gasteiger partial charge in [-0.15, -0.1) is 0 Å². The molecule has 2 heterocycles. The largest absolute Gasteiger partial charge is 0.354 e. The van der Waals surface area contributed by atoms with Crippen LogP contribution in [0.3, 0.4) is 0 Å². The molecule has 0 saturated heterocycles. The standard InChI is InChI=1S/C21H16BrN3/c1-11-9-14(21-24-17-5-3-4-6-18(17)25-21)12(2)19-15-10-13(22)7-8-16(15)23-20(11)19/h3-10,23H,1-2H3,(H,24,25). The second-order valence-corrected chi connectivity index (χ2v) is 7.45. The molecule has 0 radical (unpaired) electrons. The summed E-state index contributed by atoms with van der Waals surface area (Å²) in [7, 11) is 0. The molecular weight excluding hydrogens is 374 g/mol. The number of hydrogen-bond acceptors (Lipinski definition) is 1. The lowest BCUT2D eigenvalue weighted by atomic mass is 9.98. The molecule has 0 fully saturated rings. The van der Waals surface area contributed by atoms with Crippen molar-refractivity contribution in [1.82, 2.24) is 15.0 Å². The van der Waals surface area contributed by atoms with E-state index in [0.717, 1.165) is 32.4 Å². The first-order valence-corrected chi connectivity index (χ1v) is 9.07. The minimum atomic E-state index is 0.924. The first kappa shape index (κ1) is 14.7. The van der Waals surface area contributed by atoms with Crippen molar-refractivity contribution < 1.29 is 0 Å². The number of hydrogen-bond donors (Lipinski definition) is 2. The van der Waals surface area contributed by atoms with E-state index in [1.807, 2.05) is 18.2 Å². The molecule has 2 aromatic heterocycles. The van der Waals surface area contributed by atoms with Gasteiger partial charge in [-0.1, -0.05) is 28.1 Å². The lowest BCUT2D eigenvalue weighted by Crippen LogP contribution is -1.89. The van der Waals surface area contributed by atoms with E-state index in [2.05, 4.69) is 70.1 Å². The summed E-state index contributed by atoms with van der Waals surface area (Å²) in [6.45, 7) is 4.33. The Morgan fingerprint density at radius 1 is 0.920 bits per heavy atom. The average molecular weight is 390 g/mol. The van der Waals surface area contributed by atoms with Crippen LogP contribution in [-0.4, -0.2) is 15.0 Å².